The molecule has 1 aromatic rings. The van der Waals surface area contributed by atoms with Crippen LogP contribution < -0.4 is 10.6 Å². The summed E-state index contributed by atoms with van der Waals surface area (Å²) in [6.45, 7) is 5.56. The zero-order valence-corrected chi connectivity index (χ0v) is 13.5. The molecule has 1 saturated heterocycles. The van der Waals surface area contributed by atoms with Crippen LogP contribution in [0.5, 0.6) is 0 Å². The number of hydrogen-bond acceptors (Lipinski definition) is 3. The number of piperazine rings is 1. The summed E-state index contributed by atoms with van der Waals surface area (Å²) in [7, 11) is 0. The molecule has 1 aliphatic carbocycles. The minimum absolute atomic E-state index is 0.107. The van der Waals surface area contributed by atoms with Crippen molar-refractivity contribution in [1.29, 1.82) is 0 Å². The van der Waals surface area contributed by atoms with Crippen LogP contribution >= 0.6 is 0 Å². The van der Waals surface area contributed by atoms with Crippen LogP contribution in [0.4, 0.5) is 5.69 Å². The highest BCUT2D eigenvalue weighted by Gasteiger charge is 2.40. The molecule has 0 unspecified atom stereocenters. The van der Waals surface area contributed by atoms with Crippen LogP contribution in [0.15, 0.2) is 24.3 Å². The first kappa shape index (κ1) is 15.5. The highest BCUT2D eigenvalue weighted by molar-refractivity contribution is 5.92. The van der Waals surface area contributed by atoms with E-state index < -0.39 is 0 Å². The van der Waals surface area contributed by atoms with Gasteiger partial charge in [-0.1, -0.05) is 37.0 Å². The number of carbonyl (C=O) groups excluding carboxylic acids is 1. The Labute approximate surface area is 133 Å². The number of hydrogen-bond donors (Lipinski definition) is 2. The van der Waals surface area contributed by atoms with Crippen molar-refractivity contribution in [3.63, 3.8) is 0 Å². The fraction of sp³-hybridized carbons (Fsp3) is 0.611. The second-order valence-electron chi connectivity index (χ2n) is 6.80. The number of nitrogens with one attached hydrogen (secondary N) is 2. The van der Waals surface area contributed by atoms with Crippen molar-refractivity contribution >= 4 is 11.6 Å². The van der Waals surface area contributed by atoms with E-state index in [9.17, 15) is 4.79 Å². The number of aryl methyl sites for hydroxylation is 1. The second-order valence-corrected chi connectivity index (χ2v) is 6.80. The van der Waals surface area contributed by atoms with Crippen molar-refractivity contribution in [1.82, 2.24) is 10.2 Å². The molecule has 2 aliphatic rings. The van der Waals surface area contributed by atoms with Crippen molar-refractivity contribution in [3.8, 4) is 0 Å². The van der Waals surface area contributed by atoms with Gasteiger partial charge in [0.2, 0.25) is 5.91 Å². The lowest BCUT2D eigenvalue weighted by atomic mass is 9.79. The molecular weight excluding hydrogens is 274 g/mol. The molecule has 3 rings (SSSR count). The number of rotatable bonds is 3. The summed E-state index contributed by atoms with van der Waals surface area (Å²) >= 11 is 0. The van der Waals surface area contributed by atoms with E-state index in [4.69, 9.17) is 0 Å². The molecule has 0 radical (unpaired) electrons. The Morgan fingerprint density at radius 1 is 1.23 bits per heavy atom. The summed E-state index contributed by atoms with van der Waals surface area (Å²) in [6, 6.07) is 8.01. The van der Waals surface area contributed by atoms with E-state index in [1.807, 2.05) is 24.3 Å². The smallest absolute Gasteiger partial charge is 0.238 e. The molecule has 1 aliphatic heterocycles. The average molecular weight is 301 g/mol. The van der Waals surface area contributed by atoms with Crippen LogP contribution in [-0.2, 0) is 4.79 Å². The summed E-state index contributed by atoms with van der Waals surface area (Å²) in [5, 5.41) is 6.57. The highest BCUT2D eigenvalue weighted by atomic mass is 16.2. The number of amides is 1. The van der Waals surface area contributed by atoms with E-state index in [1.54, 1.807) is 0 Å². The van der Waals surface area contributed by atoms with Crippen molar-refractivity contribution in [2.45, 2.75) is 44.6 Å². The molecule has 1 amide bonds. The van der Waals surface area contributed by atoms with Gasteiger partial charge < -0.3 is 10.6 Å². The van der Waals surface area contributed by atoms with Gasteiger partial charge in [-0.15, -0.1) is 0 Å². The van der Waals surface area contributed by atoms with Crippen molar-refractivity contribution in [2.75, 3.05) is 31.5 Å². The molecule has 4 nitrogen and oxygen atoms in total. The molecule has 1 spiro atoms. The molecule has 2 N–H and O–H groups in total. The van der Waals surface area contributed by atoms with E-state index in [0.29, 0.717) is 6.54 Å². The Kier molecular flexibility index (Phi) is 4.79. The molecule has 0 aromatic heterocycles. The van der Waals surface area contributed by atoms with Gasteiger partial charge in [-0.2, -0.15) is 0 Å². The molecule has 22 heavy (non-hydrogen) atoms. The Bertz CT molecular complexity index is 497. The van der Waals surface area contributed by atoms with Gasteiger partial charge in [0.1, 0.15) is 0 Å². The minimum atomic E-state index is 0.107. The van der Waals surface area contributed by atoms with Gasteiger partial charge in [0.25, 0.3) is 0 Å². The van der Waals surface area contributed by atoms with Crippen LogP contribution in [-0.4, -0.2) is 42.5 Å². The maximum atomic E-state index is 12.4. The fourth-order valence-corrected chi connectivity index (χ4v) is 3.84. The molecule has 2 fully saturated rings. The molecule has 0 atom stereocenters. The lowest BCUT2D eigenvalue weighted by molar-refractivity contribution is -0.120. The Morgan fingerprint density at radius 2 is 1.95 bits per heavy atom. The largest absolute Gasteiger partial charge is 0.325 e. The second kappa shape index (κ2) is 6.80. The molecule has 0 bridgehead atoms. The summed E-state index contributed by atoms with van der Waals surface area (Å²) < 4.78 is 0. The van der Waals surface area contributed by atoms with Crippen molar-refractivity contribution in [3.05, 3.63) is 29.8 Å². The first-order chi connectivity index (χ1) is 10.7. The van der Waals surface area contributed by atoms with E-state index >= 15 is 0 Å². The molecule has 1 aromatic carbocycles. The van der Waals surface area contributed by atoms with Crippen LogP contribution in [0.3, 0.4) is 0 Å². The van der Waals surface area contributed by atoms with Gasteiger partial charge >= 0.3 is 0 Å². The normalized spacial score (nSPS) is 21.7. The molecule has 4 heteroatoms. The number of anilines is 1. The average Bonchev–Trinajstić information content (AvgIpc) is 2.53. The lowest BCUT2D eigenvalue weighted by Gasteiger charge is -2.49. The van der Waals surface area contributed by atoms with E-state index in [2.05, 4.69) is 22.5 Å². The fourth-order valence-electron chi connectivity index (χ4n) is 3.84. The SMILES string of the molecule is Cc1ccc(NC(=O)CN2CCNCC23CCCCC3)cc1. The summed E-state index contributed by atoms with van der Waals surface area (Å²) in [5.41, 5.74) is 2.31. The third-order valence-corrected chi connectivity index (χ3v) is 5.14. The topological polar surface area (TPSA) is 44.4 Å². The van der Waals surface area contributed by atoms with Gasteiger partial charge in [0.05, 0.1) is 6.54 Å². The van der Waals surface area contributed by atoms with Crippen molar-refractivity contribution < 1.29 is 4.79 Å². The Hall–Kier alpha value is -1.39. The number of benzene rings is 1. The molecular formula is C18H27N3O. The zero-order valence-electron chi connectivity index (χ0n) is 13.5. The molecule has 1 heterocycles. The quantitative estimate of drug-likeness (QED) is 0.902. The van der Waals surface area contributed by atoms with Crippen LogP contribution in [0.2, 0.25) is 0 Å². The van der Waals surface area contributed by atoms with Crippen LogP contribution in [0, 0.1) is 6.92 Å². The lowest BCUT2D eigenvalue weighted by Crippen LogP contribution is -2.63. The third-order valence-electron chi connectivity index (χ3n) is 5.14. The van der Waals surface area contributed by atoms with Gasteiger partial charge in [-0.05, 0) is 31.9 Å². The molecule has 120 valence electrons. The van der Waals surface area contributed by atoms with Crippen LogP contribution in [0.25, 0.3) is 0 Å². The first-order valence-electron chi connectivity index (χ1n) is 8.50. The minimum Gasteiger partial charge on any atom is -0.325 e. The van der Waals surface area contributed by atoms with E-state index in [1.165, 1.54) is 37.7 Å². The molecule has 1 saturated carbocycles. The highest BCUT2D eigenvalue weighted by Crippen LogP contribution is 2.34. The summed E-state index contributed by atoms with van der Waals surface area (Å²) in [5.74, 6) is 0.107. The maximum absolute atomic E-state index is 12.4. The van der Waals surface area contributed by atoms with E-state index in [0.717, 1.165) is 25.3 Å². The van der Waals surface area contributed by atoms with Gasteiger partial charge in [-0.3, -0.25) is 9.69 Å². The Morgan fingerprint density at radius 3 is 2.68 bits per heavy atom. The number of carbonyl (C=O) groups is 1. The maximum Gasteiger partial charge on any atom is 0.238 e. The van der Waals surface area contributed by atoms with E-state index in [-0.39, 0.29) is 11.4 Å². The summed E-state index contributed by atoms with van der Waals surface area (Å²) in [4.78, 5) is 14.8. The predicted molar refractivity (Wildman–Crippen MR) is 90.1 cm³/mol. The standard InChI is InChI=1S/C18H27N3O/c1-15-5-7-16(8-6-15)20-17(22)13-21-12-11-19-14-18(21)9-3-2-4-10-18/h5-8,19H,2-4,9-14H2,1H3,(H,20,22). The van der Waals surface area contributed by atoms with Crippen LogP contribution in [0.1, 0.15) is 37.7 Å². The number of nitrogens with zero attached hydrogens (tertiary/aromatic N) is 1. The first-order valence-corrected chi connectivity index (χ1v) is 8.50. The third kappa shape index (κ3) is 3.50. The van der Waals surface area contributed by atoms with Gasteiger partial charge in [0.15, 0.2) is 0 Å². The predicted octanol–water partition coefficient (Wildman–Crippen LogP) is 2.54. The Balaban J connectivity index is 1.62. The van der Waals surface area contributed by atoms with Crippen molar-refractivity contribution in [2.24, 2.45) is 0 Å². The van der Waals surface area contributed by atoms with Gasteiger partial charge in [0, 0.05) is 30.9 Å². The van der Waals surface area contributed by atoms with Gasteiger partial charge in [-0.25, -0.2) is 0 Å². The zero-order chi connectivity index (χ0) is 15.4. The monoisotopic (exact) mass is 301 g/mol. The summed E-state index contributed by atoms with van der Waals surface area (Å²) in [6.07, 6.45) is 6.36.